The third-order valence-electron chi connectivity index (χ3n) is 3.42. The number of alkyl carbamates (subject to hydrolysis) is 1. The van der Waals surface area contributed by atoms with Crippen molar-refractivity contribution in [2.24, 2.45) is 0 Å². The van der Waals surface area contributed by atoms with Gasteiger partial charge in [-0.2, -0.15) is 0 Å². The summed E-state index contributed by atoms with van der Waals surface area (Å²) in [6.45, 7) is 7.94. The second-order valence-electron chi connectivity index (χ2n) is 6.92. The van der Waals surface area contributed by atoms with E-state index in [9.17, 15) is 14.0 Å². The first-order valence-electron chi connectivity index (χ1n) is 8.76. The summed E-state index contributed by atoms with van der Waals surface area (Å²) in [6, 6.07) is 6.98. The zero-order valence-electron chi connectivity index (χ0n) is 16.6. The highest BCUT2D eigenvalue weighted by Gasteiger charge is 2.16. The van der Waals surface area contributed by atoms with Gasteiger partial charge in [-0.1, -0.05) is 0 Å². The van der Waals surface area contributed by atoms with E-state index in [-0.39, 0.29) is 19.1 Å². The number of rotatable bonds is 7. The predicted molar refractivity (Wildman–Crippen MR) is 106 cm³/mol. The normalized spacial score (nSPS) is 11.6. The van der Waals surface area contributed by atoms with Gasteiger partial charge in [0.1, 0.15) is 5.60 Å². The number of hydrogen-bond acceptors (Lipinski definition) is 4. The molecule has 0 aliphatic heterocycles. The summed E-state index contributed by atoms with van der Waals surface area (Å²) in [6.07, 6.45) is -0.138. The van der Waals surface area contributed by atoms with Crippen LogP contribution >= 0.6 is 0 Å². The monoisotopic (exact) mass is 380 g/mol. The van der Waals surface area contributed by atoms with Crippen molar-refractivity contribution >= 4 is 23.5 Å². The molecular formula is C19H29FN4O3. The van der Waals surface area contributed by atoms with Crippen molar-refractivity contribution in [3.8, 4) is 0 Å². The maximum absolute atomic E-state index is 13.0. The van der Waals surface area contributed by atoms with Crippen LogP contribution in [0.5, 0.6) is 0 Å². The summed E-state index contributed by atoms with van der Waals surface area (Å²) >= 11 is 0. The molecule has 0 saturated carbocycles. The van der Waals surface area contributed by atoms with E-state index in [1.54, 1.807) is 52.1 Å². The first kappa shape index (κ1) is 22.3. The summed E-state index contributed by atoms with van der Waals surface area (Å²) in [5.74, 6) is 0. The van der Waals surface area contributed by atoms with Crippen molar-refractivity contribution in [2.45, 2.75) is 33.3 Å². The Balaban J connectivity index is 2.51. The van der Waals surface area contributed by atoms with Gasteiger partial charge in [0, 0.05) is 38.1 Å². The van der Waals surface area contributed by atoms with E-state index in [4.69, 9.17) is 4.74 Å². The predicted octanol–water partition coefficient (Wildman–Crippen LogP) is 3.64. The van der Waals surface area contributed by atoms with Crippen molar-refractivity contribution in [3.63, 3.8) is 0 Å². The number of urea groups is 1. The Morgan fingerprint density at radius 2 is 1.78 bits per heavy atom. The first-order valence-corrected chi connectivity index (χ1v) is 8.76. The maximum Gasteiger partial charge on any atom is 0.407 e. The Morgan fingerprint density at radius 3 is 2.30 bits per heavy atom. The standard InChI is InChI=1S/C19H29FN4O3/c1-6-21-17(25)24(5)16-9-7-15(8-10-16)22-12-14(11-20)13-23-18(26)27-19(2,3)4/h7-11,22H,6,12-13H2,1-5H3,(H,21,25)(H,23,26). The molecule has 27 heavy (non-hydrogen) atoms. The minimum Gasteiger partial charge on any atom is -0.444 e. The molecule has 1 rings (SSSR count). The van der Waals surface area contributed by atoms with Crippen molar-refractivity contribution < 1.29 is 18.7 Å². The van der Waals surface area contributed by atoms with Gasteiger partial charge in [-0.15, -0.1) is 0 Å². The Labute approximate surface area is 159 Å². The SMILES string of the molecule is CCNC(=O)N(C)c1ccc(NCC(=CF)CNC(=O)OC(C)(C)C)cc1. The molecule has 0 unspecified atom stereocenters. The smallest absolute Gasteiger partial charge is 0.407 e. The molecule has 0 bridgehead atoms. The fraction of sp³-hybridized carbons (Fsp3) is 0.474. The van der Waals surface area contributed by atoms with Crippen LogP contribution < -0.4 is 20.9 Å². The van der Waals surface area contributed by atoms with Crippen LogP contribution in [0, 0.1) is 0 Å². The molecule has 8 heteroatoms. The lowest BCUT2D eigenvalue weighted by Crippen LogP contribution is -2.37. The van der Waals surface area contributed by atoms with Crippen molar-refractivity contribution in [1.29, 1.82) is 0 Å². The number of hydrogen-bond donors (Lipinski definition) is 3. The van der Waals surface area contributed by atoms with Gasteiger partial charge >= 0.3 is 12.1 Å². The van der Waals surface area contributed by atoms with Crippen LogP contribution in [0.3, 0.4) is 0 Å². The number of carbonyl (C=O) groups excluding carboxylic acids is 2. The number of anilines is 2. The average Bonchev–Trinajstić information content (AvgIpc) is 2.60. The van der Waals surface area contributed by atoms with Crippen LogP contribution in [-0.2, 0) is 4.74 Å². The van der Waals surface area contributed by atoms with Crippen LogP contribution in [0.15, 0.2) is 36.2 Å². The second-order valence-corrected chi connectivity index (χ2v) is 6.92. The van der Waals surface area contributed by atoms with Gasteiger partial charge in [0.05, 0.1) is 6.33 Å². The third-order valence-corrected chi connectivity index (χ3v) is 3.42. The molecule has 0 aliphatic carbocycles. The largest absolute Gasteiger partial charge is 0.444 e. The molecule has 0 spiro atoms. The van der Waals surface area contributed by atoms with Gasteiger partial charge in [0.25, 0.3) is 0 Å². The molecule has 0 aromatic heterocycles. The van der Waals surface area contributed by atoms with Crippen molar-refractivity contribution in [2.75, 3.05) is 36.9 Å². The summed E-state index contributed by atoms with van der Waals surface area (Å²) < 4.78 is 18.1. The number of halogens is 1. The summed E-state index contributed by atoms with van der Waals surface area (Å²) in [5.41, 5.74) is 1.26. The molecular weight excluding hydrogens is 351 g/mol. The molecule has 0 atom stereocenters. The maximum atomic E-state index is 13.0. The Hall–Kier alpha value is -2.77. The molecule has 1 aromatic rings. The number of nitrogens with zero attached hydrogens (tertiary/aromatic N) is 1. The quantitative estimate of drug-likeness (QED) is 0.674. The van der Waals surface area contributed by atoms with E-state index in [1.807, 2.05) is 6.92 Å². The van der Waals surface area contributed by atoms with Crippen LogP contribution in [-0.4, -0.2) is 44.4 Å². The molecule has 0 fully saturated rings. The van der Waals surface area contributed by atoms with E-state index in [0.717, 1.165) is 11.4 Å². The summed E-state index contributed by atoms with van der Waals surface area (Å²) in [4.78, 5) is 24.9. The van der Waals surface area contributed by atoms with E-state index < -0.39 is 11.7 Å². The summed E-state index contributed by atoms with van der Waals surface area (Å²) in [5, 5.41) is 8.30. The number of nitrogens with one attached hydrogen (secondary N) is 3. The van der Waals surface area contributed by atoms with Gasteiger partial charge in [0.2, 0.25) is 0 Å². The molecule has 1 aromatic carbocycles. The van der Waals surface area contributed by atoms with E-state index >= 15 is 0 Å². The minimum absolute atomic E-state index is 0.0381. The third kappa shape index (κ3) is 8.44. The second kappa shape index (κ2) is 10.4. The minimum atomic E-state index is -0.606. The zero-order valence-corrected chi connectivity index (χ0v) is 16.6. The number of amides is 3. The fourth-order valence-electron chi connectivity index (χ4n) is 2.05. The van der Waals surface area contributed by atoms with Crippen LogP contribution in [0.1, 0.15) is 27.7 Å². The highest BCUT2D eigenvalue weighted by molar-refractivity contribution is 5.91. The van der Waals surface area contributed by atoms with Crippen LogP contribution in [0.4, 0.5) is 25.4 Å². The zero-order chi connectivity index (χ0) is 20.4. The first-order chi connectivity index (χ1) is 12.7. The topological polar surface area (TPSA) is 82.7 Å². The molecule has 3 amide bonds. The van der Waals surface area contributed by atoms with Crippen molar-refractivity contribution in [1.82, 2.24) is 10.6 Å². The van der Waals surface area contributed by atoms with E-state index in [2.05, 4.69) is 16.0 Å². The summed E-state index contributed by atoms with van der Waals surface area (Å²) in [7, 11) is 1.68. The Bertz CT molecular complexity index is 654. The lowest BCUT2D eigenvalue weighted by atomic mass is 10.2. The van der Waals surface area contributed by atoms with Crippen LogP contribution in [0.2, 0.25) is 0 Å². The number of ether oxygens (including phenoxy) is 1. The van der Waals surface area contributed by atoms with Crippen molar-refractivity contribution in [3.05, 3.63) is 36.2 Å². The molecule has 0 heterocycles. The van der Waals surface area contributed by atoms with E-state index in [0.29, 0.717) is 18.4 Å². The highest BCUT2D eigenvalue weighted by Crippen LogP contribution is 2.17. The highest BCUT2D eigenvalue weighted by atomic mass is 19.1. The lowest BCUT2D eigenvalue weighted by molar-refractivity contribution is 0.0532. The average molecular weight is 380 g/mol. The van der Waals surface area contributed by atoms with E-state index in [1.165, 1.54) is 4.90 Å². The van der Waals surface area contributed by atoms with Gasteiger partial charge in [-0.05, 0) is 57.5 Å². The van der Waals surface area contributed by atoms with Gasteiger partial charge in [0.15, 0.2) is 0 Å². The molecule has 0 saturated heterocycles. The fourth-order valence-corrected chi connectivity index (χ4v) is 2.05. The van der Waals surface area contributed by atoms with Crippen LogP contribution in [0.25, 0.3) is 0 Å². The Morgan fingerprint density at radius 1 is 1.15 bits per heavy atom. The van der Waals surface area contributed by atoms with Gasteiger partial charge in [-0.25, -0.2) is 14.0 Å². The van der Waals surface area contributed by atoms with Gasteiger partial charge < -0.3 is 20.7 Å². The molecule has 0 aliphatic rings. The number of carbonyl (C=O) groups is 2. The lowest BCUT2D eigenvalue weighted by Gasteiger charge is -2.20. The Kier molecular flexibility index (Phi) is 8.58. The molecule has 3 N–H and O–H groups in total. The van der Waals surface area contributed by atoms with Gasteiger partial charge in [-0.3, -0.25) is 4.90 Å². The molecule has 7 nitrogen and oxygen atoms in total. The number of benzene rings is 1. The molecule has 150 valence electrons. The molecule has 0 radical (unpaired) electrons.